The van der Waals surface area contributed by atoms with Gasteiger partial charge >= 0.3 is 5.97 Å². The molecule has 0 spiro atoms. The predicted octanol–water partition coefficient (Wildman–Crippen LogP) is 5.72. The van der Waals surface area contributed by atoms with Crippen LogP contribution in [0.1, 0.15) is 41.3 Å². The minimum Gasteiger partial charge on any atom is -0.466 e. The van der Waals surface area contributed by atoms with Crippen molar-refractivity contribution in [1.82, 2.24) is 4.90 Å². The Bertz CT molecular complexity index is 1400. The number of anilines is 1. The first-order chi connectivity index (χ1) is 18.9. The van der Waals surface area contributed by atoms with E-state index in [1.54, 1.807) is 59.2 Å². The van der Waals surface area contributed by atoms with Crippen LogP contribution >= 0.6 is 11.6 Å². The molecule has 1 saturated heterocycles. The van der Waals surface area contributed by atoms with Gasteiger partial charge in [-0.3, -0.25) is 19.3 Å². The van der Waals surface area contributed by atoms with Crippen LogP contribution in [0.15, 0.2) is 78.6 Å². The van der Waals surface area contributed by atoms with E-state index in [1.165, 1.54) is 0 Å². The van der Waals surface area contributed by atoms with Crippen molar-refractivity contribution in [1.29, 1.82) is 0 Å². The van der Waals surface area contributed by atoms with Crippen LogP contribution in [0.25, 0.3) is 6.08 Å². The molecule has 0 aromatic heterocycles. The Morgan fingerprint density at radius 2 is 1.79 bits per heavy atom. The van der Waals surface area contributed by atoms with Crippen molar-refractivity contribution in [3.05, 3.63) is 100 Å². The van der Waals surface area contributed by atoms with Crippen LogP contribution in [0.2, 0.25) is 5.02 Å². The zero-order valence-electron chi connectivity index (χ0n) is 21.6. The fourth-order valence-corrected chi connectivity index (χ4v) is 4.99. The molecule has 2 aliphatic heterocycles. The van der Waals surface area contributed by atoms with Gasteiger partial charge in [0.05, 0.1) is 24.8 Å². The van der Waals surface area contributed by atoms with Crippen molar-refractivity contribution in [3.8, 4) is 5.75 Å². The second-order valence-electron chi connectivity index (χ2n) is 9.56. The number of likely N-dealkylation sites (tertiary alicyclic amines) is 1. The smallest absolute Gasteiger partial charge is 0.310 e. The number of hydrogen-bond acceptors (Lipinski definition) is 5. The molecular weight excluding hydrogens is 516 g/mol. The van der Waals surface area contributed by atoms with Crippen LogP contribution in [-0.4, -0.2) is 42.4 Å². The highest BCUT2D eigenvalue weighted by Crippen LogP contribution is 2.36. The minimum absolute atomic E-state index is 0.128. The highest BCUT2D eigenvalue weighted by Gasteiger charge is 2.31. The lowest BCUT2D eigenvalue weighted by molar-refractivity contribution is -0.149. The maximum Gasteiger partial charge on any atom is 0.310 e. The molecule has 0 radical (unpaired) electrons. The number of rotatable bonds is 6. The lowest BCUT2D eigenvalue weighted by atomic mass is 9.97. The summed E-state index contributed by atoms with van der Waals surface area (Å²) in [7, 11) is 0. The van der Waals surface area contributed by atoms with Gasteiger partial charge in [0.15, 0.2) is 11.5 Å². The Hall–Kier alpha value is -4.10. The Balaban J connectivity index is 1.33. The molecule has 2 aliphatic rings. The van der Waals surface area contributed by atoms with Gasteiger partial charge in [0.1, 0.15) is 0 Å². The normalized spacial score (nSPS) is 17.9. The van der Waals surface area contributed by atoms with Crippen molar-refractivity contribution in [3.63, 3.8) is 0 Å². The highest BCUT2D eigenvalue weighted by atomic mass is 35.5. The van der Waals surface area contributed by atoms with Crippen molar-refractivity contribution < 1.29 is 23.9 Å². The van der Waals surface area contributed by atoms with Gasteiger partial charge in [-0.15, -0.1) is 0 Å². The summed E-state index contributed by atoms with van der Waals surface area (Å²) >= 11 is 6.03. The third-order valence-corrected chi connectivity index (χ3v) is 7.12. The summed E-state index contributed by atoms with van der Waals surface area (Å²) in [5.74, 6) is -0.153. The van der Waals surface area contributed by atoms with Crippen LogP contribution in [0.4, 0.5) is 5.69 Å². The standard InChI is InChI=1S/C31H29ClN2O5/c1-2-38-31(37)24-6-5-17-33(20-24)29(35)23-13-9-21(10-14-23)18-28-30(36)34(19-22-11-15-25(32)16-12-22)26-7-3-4-8-27(26)39-28/h3-4,7-16,18,24H,2,5-6,17,19-20H2,1H3/b28-18+/t24-/m0/s1. The van der Waals surface area contributed by atoms with E-state index in [4.69, 9.17) is 21.1 Å². The molecule has 5 rings (SSSR count). The molecule has 0 aliphatic carbocycles. The van der Waals surface area contributed by atoms with E-state index >= 15 is 0 Å². The lowest BCUT2D eigenvalue weighted by Gasteiger charge is -2.31. The van der Waals surface area contributed by atoms with E-state index in [2.05, 4.69) is 0 Å². The number of fused-ring (bicyclic) bond motifs is 1. The number of hydrogen-bond donors (Lipinski definition) is 0. The molecule has 0 saturated carbocycles. The number of benzene rings is 3. The first-order valence-electron chi connectivity index (χ1n) is 13.0. The average molecular weight is 545 g/mol. The second kappa shape index (κ2) is 11.7. The number of ether oxygens (including phenoxy) is 2. The van der Waals surface area contributed by atoms with Crippen molar-refractivity contribution >= 4 is 41.1 Å². The number of amides is 2. The number of carbonyl (C=O) groups is 3. The van der Waals surface area contributed by atoms with Gasteiger partial charge in [-0.2, -0.15) is 0 Å². The summed E-state index contributed by atoms with van der Waals surface area (Å²) in [6.45, 7) is 3.43. The minimum atomic E-state index is -0.292. The Morgan fingerprint density at radius 3 is 2.54 bits per heavy atom. The predicted molar refractivity (Wildman–Crippen MR) is 149 cm³/mol. The maximum atomic E-state index is 13.5. The molecule has 7 nitrogen and oxygen atoms in total. The molecule has 200 valence electrons. The number of halogens is 1. The van der Waals surface area contributed by atoms with Gasteiger partial charge in [0, 0.05) is 23.7 Å². The summed E-state index contributed by atoms with van der Waals surface area (Å²) in [5, 5.41) is 0.633. The molecule has 39 heavy (non-hydrogen) atoms. The molecule has 8 heteroatoms. The highest BCUT2D eigenvalue weighted by molar-refractivity contribution is 6.30. The second-order valence-corrected chi connectivity index (χ2v) is 10.00. The largest absolute Gasteiger partial charge is 0.466 e. The van der Waals surface area contributed by atoms with E-state index < -0.39 is 0 Å². The molecule has 0 N–H and O–H groups in total. The van der Waals surface area contributed by atoms with Crippen LogP contribution < -0.4 is 9.64 Å². The summed E-state index contributed by atoms with van der Waals surface area (Å²) in [6.07, 6.45) is 3.16. The molecular formula is C31H29ClN2O5. The Labute approximate surface area is 232 Å². The maximum absolute atomic E-state index is 13.5. The van der Waals surface area contributed by atoms with Crippen molar-refractivity contribution in [2.75, 3.05) is 24.6 Å². The summed E-state index contributed by atoms with van der Waals surface area (Å²) in [6, 6.07) is 21.8. The molecule has 0 bridgehead atoms. The first kappa shape index (κ1) is 26.5. The molecule has 3 aromatic carbocycles. The molecule has 2 heterocycles. The van der Waals surface area contributed by atoms with Gasteiger partial charge in [0.25, 0.3) is 11.8 Å². The summed E-state index contributed by atoms with van der Waals surface area (Å²) < 4.78 is 11.1. The van der Waals surface area contributed by atoms with E-state index in [0.717, 1.165) is 24.0 Å². The van der Waals surface area contributed by atoms with E-state index in [9.17, 15) is 14.4 Å². The fraction of sp³-hybridized carbons (Fsp3) is 0.258. The quantitative estimate of drug-likeness (QED) is 0.293. The topological polar surface area (TPSA) is 76.2 Å². The molecule has 1 fully saturated rings. The van der Waals surface area contributed by atoms with Crippen LogP contribution in [0.5, 0.6) is 5.75 Å². The van der Waals surface area contributed by atoms with Gasteiger partial charge in [-0.25, -0.2) is 0 Å². The lowest BCUT2D eigenvalue weighted by Crippen LogP contribution is -2.42. The van der Waals surface area contributed by atoms with Gasteiger partial charge in [-0.1, -0.05) is 48.0 Å². The van der Waals surface area contributed by atoms with Crippen molar-refractivity contribution in [2.24, 2.45) is 5.92 Å². The van der Waals surface area contributed by atoms with E-state index in [0.29, 0.717) is 48.3 Å². The zero-order chi connectivity index (χ0) is 27.4. The van der Waals surface area contributed by atoms with Gasteiger partial charge in [-0.05, 0) is 73.4 Å². The Kier molecular flexibility index (Phi) is 7.98. The van der Waals surface area contributed by atoms with Crippen LogP contribution in [0.3, 0.4) is 0 Å². The van der Waals surface area contributed by atoms with E-state index in [1.807, 2.05) is 36.4 Å². The van der Waals surface area contributed by atoms with E-state index in [-0.39, 0.29) is 29.5 Å². The molecule has 3 aromatic rings. The number of esters is 1. The van der Waals surface area contributed by atoms with Gasteiger partial charge in [0.2, 0.25) is 0 Å². The van der Waals surface area contributed by atoms with Crippen LogP contribution in [0, 0.1) is 5.92 Å². The fourth-order valence-electron chi connectivity index (χ4n) is 4.86. The number of carbonyl (C=O) groups excluding carboxylic acids is 3. The summed E-state index contributed by atoms with van der Waals surface area (Å²) in [5.41, 5.74) is 2.88. The number of piperidine rings is 1. The van der Waals surface area contributed by atoms with Gasteiger partial charge < -0.3 is 14.4 Å². The Morgan fingerprint density at radius 1 is 1.05 bits per heavy atom. The SMILES string of the molecule is CCOC(=O)[C@H]1CCCN(C(=O)c2ccc(/C=C3/Oc4ccccc4N(Cc4ccc(Cl)cc4)C3=O)cc2)C1. The molecule has 1 atom stereocenters. The third kappa shape index (κ3) is 5.99. The number of para-hydroxylation sites is 2. The average Bonchev–Trinajstić information content (AvgIpc) is 2.96. The number of nitrogens with zero attached hydrogens (tertiary/aromatic N) is 2. The first-order valence-corrected chi connectivity index (χ1v) is 13.4. The molecule has 0 unspecified atom stereocenters. The summed E-state index contributed by atoms with van der Waals surface area (Å²) in [4.78, 5) is 42.2. The third-order valence-electron chi connectivity index (χ3n) is 6.87. The van der Waals surface area contributed by atoms with Crippen molar-refractivity contribution in [2.45, 2.75) is 26.3 Å². The monoisotopic (exact) mass is 544 g/mol. The zero-order valence-corrected chi connectivity index (χ0v) is 22.4. The van der Waals surface area contributed by atoms with Crippen LogP contribution in [-0.2, 0) is 20.9 Å². The molecule has 2 amide bonds.